The molecule has 1 aliphatic rings. The van der Waals surface area contributed by atoms with Crippen molar-refractivity contribution < 1.29 is 26.0 Å². The smallest absolute Gasteiger partial charge is 0.299 e. The standard InChI is InChI=1S/C22H25F4NO2S.ClH/c1-30(28,29)15-21(22(24,25)26)19-4-2-16(3-5-19)14-27-12-10-18(11-13-27)17-6-8-20(23)9-7-17;/h2-9,18,21H,10-15H2,1H3;1H/t21-;/m0./s1. The lowest BCUT2D eigenvalue weighted by Gasteiger charge is -2.32. The van der Waals surface area contributed by atoms with Gasteiger partial charge in [0.2, 0.25) is 0 Å². The maximum Gasteiger partial charge on any atom is 0.396 e. The third kappa shape index (κ3) is 7.47. The molecule has 0 saturated carbocycles. The Morgan fingerprint density at radius 1 is 1.00 bits per heavy atom. The number of piperidine rings is 1. The van der Waals surface area contributed by atoms with Gasteiger partial charge in [-0.05, 0) is 60.7 Å². The van der Waals surface area contributed by atoms with Crippen molar-refractivity contribution in [2.24, 2.45) is 0 Å². The van der Waals surface area contributed by atoms with E-state index in [1.54, 1.807) is 12.1 Å². The van der Waals surface area contributed by atoms with Crippen LogP contribution in [0.4, 0.5) is 17.6 Å². The molecule has 0 aliphatic carbocycles. The van der Waals surface area contributed by atoms with Crippen molar-refractivity contribution in [2.75, 3.05) is 25.1 Å². The monoisotopic (exact) mass is 479 g/mol. The van der Waals surface area contributed by atoms with Crippen LogP contribution in [0.2, 0.25) is 0 Å². The molecule has 1 fully saturated rings. The van der Waals surface area contributed by atoms with Crippen LogP contribution in [0.1, 0.15) is 41.4 Å². The summed E-state index contributed by atoms with van der Waals surface area (Å²) in [5.41, 5.74) is 1.98. The number of halogens is 5. The minimum Gasteiger partial charge on any atom is -0.299 e. The van der Waals surface area contributed by atoms with Gasteiger partial charge in [0.05, 0.1) is 11.7 Å². The van der Waals surface area contributed by atoms with E-state index in [4.69, 9.17) is 0 Å². The molecule has 0 aromatic heterocycles. The van der Waals surface area contributed by atoms with Crippen molar-refractivity contribution in [1.82, 2.24) is 4.90 Å². The third-order valence-corrected chi connectivity index (χ3v) is 6.52. The van der Waals surface area contributed by atoms with E-state index in [2.05, 4.69) is 4.90 Å². The van der Waals surface area contributed by atoms with E-state index >= 15 is 0 Å². The first-order chi connectivity index (χ1) is 14.0. The molecule has 0 N–H and O–H groups in total. The van der Waals surface area contributed by atoms with Crippen LogP contribution in [0.25, 0.3) is 0 Å². The number of rotatable bonds is 6. The highest BCUT2D eigenvalue weighted by Crippen LogP contribution is 2.36. The van der Waals surface area contributed by atoms with Gasteiger partial charge in [0.1, 0.15) is 15.7 Å². The summed E-state index contributed by atoms with van der Waals surface area (Å²) in [4.78, 5) is 2.24. The van der Waals surface area contributed by atoms with Crippen LogP contribution in [0.15, 0.2) is 48.5 Å². The minimum absolute atomic E-state index is 0. The van der Waals surface area contributed by atoms with Crippen molar-refractivity contribution in [1.29, 1.82) is 0 Å². The average Bonchev–Trinajstić information content (AvgIpc) is 2.67. The molecule has 1 saturated heterocycles. The second-order valence-electron chi connectivity index (χ2n) is 8.03. The Kier molecular flexibility index (Phi) is 8.53. The van der Waals surface area contributed by atoms with Crippen molar-refractivity contribution >= 4 is 22.2 Å². The van der Waals surface area contributed by atoms with Crippen molar-refractivity contribution in [2.45, 2.75) is 37.4 Å². The van der Waals surface area contributed by atoms with Gasteiger partial charge in [-0.25, -0.2) is 12.8 Å². The summed E-state index contributed by atoms with van der Waals surface area (Å²) in [5.74, 6) is -2.84. The molecule has 31 heavy (non-hydrogen) atoms. The van der Waals surface area contributed by atoms with Crippen LogP contribution in [0.5, 0.6) is 0 Å². The van der Waals surface area contributed by atoms with Crippen LogP contribution >= 0.6 is 12.4 Å². The zero-order chi connectivity index (χ0) is 21.9. The van der Waals surface area contributed by atoms with Gasteiger partial charge in [-0.15, -0.1) is 12.4 Å². The zero-order valence-electron chi connectivity index (χ0n) is 17.1. The van der Waals surface area contributed by atoms with E-state index in [1.165, 1.54) is 24.3 Å². The molecule has 0 amide bonds. The van der Waals surface area contributed by atoms with Gasteiger partial charge in [0.25, 0.3) is 0 Å². The van der Waals surface area contributed by atoms with Gasteiger partial charge in [-0.2, -0.15) is 13.2 Å². The normalized spacial score (nSPS) is 17.2. The van der Waals surface area contributed by atoms with E-state index in [9.17, 15) is 26.0 Å². The highest BCUT2D eigenvalue weighted by molar-refractivity contribution is 7.90. The van der Waals surface area contributed by atoms with Gasteiger partial charge >= 0.3 is 6.18 Å². The fourth-order valence-electron chi connectivity index (χ4n) is 3.96. The van der Waals surface area contributed by atoms with Crippen LogP contribution in [0, 0.1) is 5.82 Å². The second kappa shape index (κ2) is 10.3. The van der Waals surface area contributed by atoms with Crippen molar-refractivity contribution in [3.8, 4) is 0 Å². The topological polar surface area (TPSA) is 37.4 Å². The molecular weight excluding hydrogens is 454 g/mol. The summed E-state index contributed by atoms with van der Waals surface area (Å²) in [6.45, 7) is 2.32. The van der Waals surface area contributed by atoms with Gasteiger partial charge in [-0.3, -0.25) is 4.90 Å². The summed E-state index contributed by atoms with van der Waals surface area (Å²) in [6.07, 6.45) is -1.93. The Labute approximate surface area is 186 Å². The first-order valence-electron chi connectivity index (χ1n) is 9.82. The largest absolute Gasteiger partial charge is 0.396 e. The summed E-state index contributed by atoms with van der Waals surface area (Å²) in [6, 6.07) is 12.6. The number of hydrogen-bond acceptors (Lipinski definition) is 3. The fraction of sp³-hybridized carbons (Fsp3) is 0.455. The molecule has 172 valence electrons. The van der Waals surface area contributed by atoms with E-state index in [0.29, 0.717) is 12.5 Å². The van der Waals surface area contributed by atoms with E-state index in [-0.39, 0.29) is 23.8 Å². The van der Waals surface area contributed by atoms with E-state index in [0.717, 1.165) is 43.3 Å². The number of alkyl halides is 3. The maximum atomic E-state index is 13.3. The zero-order valence-corrected chi connectivity index (χ0v) is 18.7. The molecule has 0 radical (unpaired) electrons. The second-order valence-corrected chi connectivity index (χ2v) is 10.2. The first kappa shape index (κ1) is 25.6. The lowest BCUT2D eigenvalue weighted by Crippen LogP contribution is -2.32. The molecule has 3 nitrogen and oxygen atoms in total. The molecular formula is C22H26ClF4NO2S. The fourth-order valence-corrected chi connectivity index (χ4v) is 4.94. The minimum atomic E-state index is -4.62. The molecule has 9 heteroatoms. The molecule has 1 atom stereocenters. The lowest BCUT2D eigenvalue weighted by atomic mass is 9.89. The predicted molar refractivity (Wildman–Crippen MR) is 116 cm³/mol. The number of sulfone groups is 1. The summed E-state index contributed by atoms with van der Waals surface area (Å²) in [7, 11) is -3.77. The Morgan fingerprint density at radius 3 is 2.03 bits per heavy atom. The molecule has 3 rings (SSSR count). The molecule has 1 aliphatic heterocycles. The van der Waals surface area contributed by atoms with Crippen molar-refractivity contribution in [3.63, 3.8) is 0 Å². The highest BCUT2D eigenvalue weighted by atomic mass is 35.5. The quantitative estimate of drug-likeness (QED) is 0.526. The molecule has 2 aromatic rings. The average molecular weight is 480 g/mol. The van der Waals surface area contributed by atoms with Crippen molar-refractivity contribution in [3.05, 3.63) is 71.0 Å². The summed E-state index contributed by atoms with van der Waals surface area (Å²) >= 11 is 0. The summed E-state index contributed by atoms with van der Waals surface area (Å²) in [5, 5.41) is 0. The van der Waals surface area contributed by atoms with Crippen LogP contribution in [-0.4, -0.2) is 44.6 Å². The molecule has 1 heterocycles. The van der Waals surface area contributed by atoms with E-state index < -0.39 is 27.7 Å². The maximum absolute atomic E-state index is 13.3. The Bertz CT molecular complexity index is 939. The third-order valence-electron chi connectivity index (χ3n) is 5.58. The van der Waals surface area contributed by atoms with Crippen LogP contribution in [-0.2, 0) is 16.4 Å². The summed E-state index contributed by atoms with van der Waals surface area (Å²) < 4.78 is 75.8. The number of likely N-dealkylation sites (tertiary alicyclic amines) is 1. The van der Waals surface area contributed by atoms with Crippen LogP contribution < -0.4 is 0 Å². The molecule has 0 spiro atoms. The molecule has 2 aromatic carbocycles. The van der Waals surface area contributed by atoms with Gasteiger partial charge in [-0.1, -0.05) is 36.4 Å². The van der Waals surface area contributed by atoms with E-state index in [1.807, 2.05) is 12.1 Å². The predicted octanol–water partition coefficient (Wildman–Crippen LogP) is 5.32. The Morgan fingerprint density at radius 2 is 1.55 bits per heavy atom. The Hall–Kier alpha value is -1.64. The number of nitrogens with zero attached hydrogens (tertiary/aromatic N) is 1. The first-order valence-corrected chi connectivity index (χ1v) is 11.9. The SMILES string of the molecule is CS(=O)(=O)C[C@@H](c1ccc(CN2CCC(c3ccc(F)cc3)CC2)cc1)C(F)(F)F.Cl. The Balaban J connectivity index is 0.00000341. The number of benzene rings is 2. The van der Waals surface area contributed by atoms with Gasteiger partial charge < -0.3 is 0 Å². The number of hydrogen-bond donors (Lipinski definition) is 0. The lowest BCUT2D eigenvalue weighted by molar-refractivity contribution is -0.145. The molecule has 0 unspecified atom stereocenters. The van der Waals surface area contributed by atoms with Gasteiger partial charge in [0.15, 0.2) is 0 Å². The van der Waals surface area contributed by atoms with Crippen LogP contribution in [0.3, 0.4) is 0 Å². The highest BCUT2D eigenvalue weighted by Gasteiger charge is 2.42. The van der Waals surface area contributed by atoms with Gasteiger partial charge in [0, 0.05) is 12.8 Å². The molecule has 0 bridgehead atoms.